The summed E-state index contributed by atoms with van der Waals surface area (Å²) in [5, 5.41) is 25.0. The highest BCUT2D eigenvalue weighted by Crippen LogP contribution is 2.30. The topological polar surface area (TPSA) is 105 Å². The number of hydrogen-bond acceptors (Lipinski definition) is 6. The van der Waals surface area contributed by atoms with Crippen LogP contribution in [0.3, 0.4) is 0 Å². The molecule has 0 radical (unpaired) electrons. The van der Waals surface area contributed by atoms with Crippen molar-refractivity contribution in [3.8, 4) is 0 Å². The van der Waals surface area contributed by atoms with E-state index in [0.717, 1.165) is 0 Å². The number of nitro benzene ring substituents is 1. The van der Waals surface area contributed by atoms with Crippen LogP contribution in [0, 0.1) is 22.0 Å². The van der Waals surface area contributed by atoms with Crippen LogP contribution < -0.4 is 5.32 Å². The number of aliphatic hydroxyl groups excluding tert-OH is 1. The smallest absolute Gasteiger partial charge is 0.275 e. The van der Waals surface area contributed by atoms with E-state index in [2.05, 4.69) is 5.32 Å². The molecule has 0 aromatic heterocycles. The molecule has 0 saturated carbocycles. The predicted molar refractivity (Wildman–Crippen MR) is 96.7 cm³/mol. The lowest BCUT2D eigenvalue weighted by Gasteiger charge is -2.32. The highest BCUT2D eigenvalue weighted by Gasteiger charge is 2.34. The Labute approximate surface area is 153 Å². The van der Waals surface area contributed by atoms with E-state index < -0.39 is 16.9 Å². The lowest BCUT2D eigenvalue weighted by atomic mass is 9.92. The number of rotatable bonds is 8. The molecule has 1 aliphatic rings. The number of benzene rings is 1. The Hall–Kier alpha value is -2.03. The summed E-state index contributed by atoms with van der Waals surface area (Å²) in [5.74, 6) is -0.824. The quantitative estimate of drug-likeness (QED) is 0.532. The number of morpholine rings is 1. The maximum atomic E-state index is 12.7. The van der Waals surface area contributed by atoms with E-state index in [9.17, 15) is 20.0 Å². The van der Waals surface area contributed by atoms with Crippen LogP contribution in [0.5, 0.6) is 0 Å². The molecule has 0 aliphatic carbocycles. The second-order valence-corrected chi connectivity index (χ2v) is 6.92. The van der Waals surface area contributed by atoms with E-state index in [1.54, 1.807) is 12.1 Å². The van der Waals surface area contributed by atoms with Crippen molar-refractivity contribution < 1.29 is 19.6 Å². The van der Waals surface area contributed by atoms with E-state index in [1.807, 2.05) is 18.7 Å². The van der Waals surface area contributed by atoms with Crippen LogP contribution >= 0.6 is 0 Å². The first-order valence-electron chi connectivity index (χ1n) is 8.89. The number of amides is 1. The third kappa shape index (κ3) is 5.48. The average molecular weight is 365 g/mol. The fraction of sp³-hybridized carbons (Fsp3) is 0.611. The van der Waals surface area contributed by atoms with Gasteiger partial charge in [0.05, 0.1) is 35.7 Å². The first-order valence-corrected chi connectivity index (χ1v) is 8.89. The largest absolute Gasteiger partial charge is 0.387 e. The lowest BCUT2D eigenvalue weighted by molar-refractivity contribution is -0.386. The number of nitrogens with one attached hydrogen (secondary N) is 1. The predicted octanol–water partition coefficient (Wildman–Crippen LogP) is 1.35. The van der Waals surface area contributed by atoms with Crippen molar-refractivity contribution in [1.82, 2.24) is 10.2 Å². The van der Waals surface area contributed by atoms with E-state index >= 15 is 0 Å². The molecule has 144 valence electrons. The monoisotopic (exact) mass is 365 g/mol. The Bertz CT molecular complexity index is 617. The second kappa shape index (κ2) is 9.61. The van der Waals surface area contributed by atoms with Crippen molar-refractivity contribution in [1.29, 1.82) is 0 Å². The Balaban J connectivity index is 2.23. The summed E-state index contributed by atoms with van der Waals surface area (Å²) in [5.41, 5.74) is -0.0147. The van der Waals surface area contributed by atoms with Gasteiger partial charge in [0.25, 0.3) is 5.69 Å². The van der Waals surface area contributed by atoms with Crippen LogP contribution in [-0.2, 0) is 9.53 Å². The normalized spacial score (nSPS) is 17.7. The Morgan fingerprint density at radius 1 is 1.35 bits per heavy atom. The molecular formula is C18H27N3O5. The SMILES string of the molecule is CC(C)CNC(=O)C(CN1CCOCC1)C(O)c1ccccc1[N+](=O)[O-]. The van der Waals surface area contributed by atoms with Crippen molar-refractivity contribution in [3.05, 3.63) is 39.9 Å². The molecule has 1 amide bonds. The molecule has 1 aromatic rings. The van der Waals surface area contributed by atoms with E-state index in [-0.39, 0.29) is 23.1 Å². The molecule has 2 N–H and O–H groups in total. The summed E-state index contributed by atoms with van der Waals surface area (Å²) >= 11 is 0. The maximum absolute atomic E-state index is 12.7. The van der Waals surface area contributed by atoms with Crippen LogP contribution in [0.2, 0.25) is 0 Å². The molecule has 1 aliphatic heterocycles. The van der Waals surface area contributed by atoms with Gasteiger partial charge in [0.15, 0.2) is 0 Å². The minimum absolute atomic E-state index is 0.162. The molecule has 1 aromatic carbocycles. The van der Waals surface area contributed by atoms with Gasteiger partial charge in [-0.05, 0) is 12.0 Å². The summed E-state index contributed by atoms with van der Waals surface area (Å²) in [4.78, 5) is 25.5. The molecule has 1 saturated heterocycles. The van der Waals surface area contributed by atoms with Crippen LogP contribution in [0.15, 0.2) is 24.3 Å². The van der Waals surface area contributed by atoms with Gasteiger partial charge in [-0.3, -0.25) is 19.8 Å². The van der Waals surface area contributed by atoms with Crippen molar-refractivity contribution in [3.63, 3.8) is 0 Å². The highest BCUT2D eigenvalue weighted by atomic mass is 16.6. The van der Waals surface area contributed by atoms with Gasteiger partial charge in [0, 0.05) is 32.2 Å². The number of aliphatic hydroxyl groups is 1. The number of carbonyl (C=O) groups excluding carboxylic acids is 1. The van der Waals surface area contributed by atoms with Crippen LogP contribution in [0.4, 0.5) is 5.69 Å². The molecule has 1 fully saturated rings. The van der Waals surface area contributed by atoms with Crippen LogP contribution in [0.1, 0.15) is 25.5 Å². The highest BCUT2D eigenvalue weighted by molar-refractivity contribution is 5.80. The first kappa shape index (κ1) is 20.3. The van der Waals surface area contributed by atoms with Gasteiger partial charge < -0.3 is 15.2 Å². The summed E-state index contributed by atoms with van der Waals surface area (Å²) in [6.45, 7) is 7.24. The molecule has 0 bridgehead atoms. The lowest BCUT2D eigenvalue weighted by Crippen LogP contribution is -2.46. The van der Waals surface area contributed by atoms with E-state index in [0.29, 0.717) is 39.4 Å². The van der Waals surface area contributed by atoms with E-state index in [4.69, 9.17) is 4.74 Å². The van der Waals surface area contributed by atoms with Gasteiger partial charge in [0.1, 0.15) is 0 Å². The number of nitro groups is 1. The molecule has 0 spiro atoms. The van der Waals surface area contributed by atoms with Gasteiger partial charge >= 0.3 is 0 Å². The molecule has 2 unspecified atom stereocenters. The van der Waals surface area contributed by atoms with Crippen molar-refractivity contribution in [2.24, 2.45) is 11.8 Å². The summed E-state index contributed by atoms with van der Waals surface area (Å²) in [7, 11) is 0. The number of para-hydroxylation sites is 1. The van der Waals surface area contributed by atoms with Crippen molar-refractivity contribution in [2.45, 2.75) is 20.0 Å². The van der Waals surface area contributed by atoms with Gasteiger partial charge in [0.2, 0.25) is 5.91 Å². The van der Waals surface area contributed by atoms with Crippen LogP contribution in [0.25, 0.3) is 0 Å². The molecular weight excluding hydrogens is 338 g/mol. The average Bonchev–Trinajstić information content (AvgIpc) is 2.64. The number of hydrogen-bond donors (Lipinski definition) is 2. The fourth-order valence-electron chi connectivity index (χ4n) is 2.94. The molecule has 1 heterocycles. The number of ether oxygens (including phenoxy) is 1. The molecule has 8 heteroatoms. The minimum atomic E-state index is -1.26. The van der Waals surface area contributed by atoms with Gasteiger partial charge in [-0.1, -0.05) is 26.0 Å². The molecule has 2 rings (SSSR count). The number of carbonyl (C=O) groups is 1. The standard InChI is InChI=1S/C18H27N3O5/c1-13(2)11-19-18(23)15(12-20-7-9-26-10-8-20)17(22)14-5-3-4-6-16(14)21(24)25/h3-6,13,15,17,22H,7-12H2,1-2H3,(H,19,23). The molecule has 2 atom stereocenters. The minimum Gasteiger partial charge on any atom is -0.387 e. The van der Waals surface area contributed by atoms with Gasteiger partial charge in [-0.15, -0.1) is 0 Å². The Kier molecular flexibility index (Phi) is 7.50. The third-order valence-electron chi connectivity index (χ3n) is 4.41. The zero-order valence-corrected chi connectivity index (χ0v) is 15.3. The van der Waals surface area contributed by atoms with Crippen molar-refractivity contribution in [2.75, 3.05) is 39.4 Å². The maximum Gasteiger partial charge on any atom is 0.275 e. The zero-order chi connectivity index (χ0) is 19.1. The molecule has 26 heavy (non-hydrogen) atoms. The second-order valence-electron chi connectivity index (χ2n) is 6.92. The van der Waals surface area contributed by atoms with Gasteiger partial charge in [-0.25, -0.2) is 0 Å². The summed E-state index contributed by atoms with van der Waals surface area (Å²) in [6, 6.07) is 6.02. The van der Waals surface area contributed by atoms with E-state index in [1.165, 1.54) is 12.1 Å². The Morgan fingerprint density at radius 3 is 2.62 bits per heavy atom. The Morgan fingerprint density at radius 2 is 2.00 bits per heavy atom. The zero-order valence-electron chi connectivity index (χ0n) is 15.3. The van der Waals surface area contributed by atoms with Crippen molar-refractivity contribution >= 4 is 11.6 Å². The number of nitrogens with zero attached hydrogens (tertiary/aromatic N) is 2. The molecule has 8 nitrogen and oxygen atoms in total. The van der Waals surface area contributed by atoms with Crippen LogP contribution in [-0.4, -0.2) is 60.2 Å². The first-order chi connectivity index (χ1) is 12.4. The third-order valence-corrected chi connectivity index (χ3v) is 4.41. The fourth-order valence-corrected chi connectivity index (χ4v) is 2.94. The van der Waals surface area contributed by atoms with Gasteiger partial charge in [-0.2, -0.15) is 0 Å². The summed E-state index contributed by atoms with van der Waals surface area (Å²) < 4.78 is 5.32. The summed E-state index contributed by atoms with van der Waals surface area (Å²) in [6.07, 6.45) is -1.26.